The molecule has 114 valence electrons. The Bertz CT molecular complexity index is 583. The number of rotatable bonds is 7. The van der Waals surface area contributed by atoms with Crippen LogP contribution in [0.2, 0.25) is 0 Å². The predicted molar refractivity (Wildman–Crippen MR) is 76.9 cm³/mol. The van der Waals surface area contributed by atoms with Crippen LogP contribution in [0.3, 0.4) is 0 Å². The van der Waals surface area contributed by atoms with Gasteiger partial charge in [-0.05, 0) is 31.0 Å². The van der Waals surface area contributed by atoms with Crippen molar-refractivity contribution in [3.63, 3.8) is 0 Å². The van der Waals surface area contributed by atoms with Crippen LogP contribution in [-0.2, 0) is 19.9 Å². The summed E-state index contributed by atoms with van der Waals surface area (Å²) < 4.78 is 28.4. The summed E-state index contributed by atoms with van der Waals surface area (Å²) in [6.45, 7) is 2.92. The molecule has 1 atom stereocenters. The molecule has 0 fully saturated rings. The van der Waals surface area contributed by atoms with Crippen molar-refractivity contribution < 1.29 is 8.78 Å². The third kappa shape index (κ3) is 4.60. The molecule has 0 spiro atoms. The van der Waals surface area contributed by atoms with E-state index in [1.54, 1.807) is 4.68 Å². The minimum absolute atomic E-state index is 0.0432. The van der Waals surface area contributed by atoms with Gasteiger partial charge in [0.15, 0.2) is 0 Å². The maximum atomic E-state index is 13.8. The first-order valence-electron chi connectivity index (χ1n) is 7.11. The first-order chi connectivity index (χ1) is 10.1. The van der Waals surface area contributed by atoms with Crippen LogP contribution in [0.25, 0.3) is 0 Å². The Hall–Kier alpha value is -1.82. The molecule has 21 heavy (non-hydrogen) atoms. The van der Waals surface area contributed by atoms with Gasteiger partial charge in [0.05, 0.1) is 5.69 Å². The van der Waals surface area contributed by atoms with E-state index in [9.17, 15) is 8.78 Å². The summed E-state index contributed by atoms with van der Waals surface area (Å²) in [5, 5.41) is 11.3. The molecule has 1 heterocycles. The fourth-order valence-corrected chi connectivity index (χ4v) is 2.26. The fraction of sp³-hybridized carbons (Fsp3) is 0.467. The number of aryl methyl sites for hydroxylation is 1. The van der Waals surface area contributed by atoms with E-state index in [0.29, 0.717) is 18.4 Å². The zero-order valence-corrected chi connectivity index (χ0v) is 12.3. The molecule has 0 aliphatic rings. The van der Waals surface area contributed by atoms with Crippen molar-refractivity contribution in [2.45, 2.75) is 32.2 Å². The maximum Gasteiger partial charge on any atom is 0.129 e. The zero-order chi connectivity index (χ0) is 15.2. The van der Waals surface area contributed by atoms with Gasteiger partial charge in [0.2, 0.25) is 0 Å². The van der Waals surface area contributed by atoms with Crippen LogP contribution in [0, 0.1) is 11.6 Å². The molecule has 1 aromatic carbocycles. The van der Waals surface area contributed by atoms with E-state index in [0.717, 1.165) is 24.7 Å². The van der Waals surface area contributed by atoms with Gasteiger partial charge in [0, 0.05) is 31.8 Å². The number of nitrogens with zero attached hydrogens (tertiary/aromatic N) is 3. The second-order valence-electron chi connectivity index (χ2n) is 5.18. The smallest absolute Gasteiger partial charge is 0.129 e. The minimum Gasteiger partial charge on any atom is -0.313 e. The van der Waals surface area contributed by atoms with Gasteiger partial charge in [-0.25, -0.2) is 8.78 Å². The van der Waals surface area contributed by atoms with Gasteiger partial charge >= 0.3 is 0 Å². The van der Waals surface area contributed by atoms with E-state index in [-0.39, 0.29) is 6.04 Å². The van der Waals surface area contributed by atoms with Gasteiger partial charge < -0.3 is 5.32 Å². The van der Waals surface area contributed by atoms with Crippen molar-refractivity contribution in [3.8, 4) is 0 Å². The fourth-order valence-electron chi connectivity index (χ4n) is 2.26. The molecule has 0 radical (unpaired) electrons. The molecule has 1 aromatic heterocycles. The SMILES string of the molecule is CCCNC(Cc1cn(C)nn1)Cc1ccc(F)cc1F. The number of halogens is 2. The van der Waals surface area contributed by atoms with Gasteiger partial charge in [-0.2, -0.15) is 0 Å². The van der Waals surface area contributed by atoms with Crippen molar-refractivity contribution >= 4 is 0 Å². The number of hydrogen-bond acceptors (Lipinski definition) is 3. The molecule has 0 aliphatic carbocycles. The average molecular weight is 294 g/mol. The topological polar surface area (TPSA) is 42.7 Å². The van der Waals surface area contributed by atoms with Crippen molar-refractivity contribution in [2.24, 2.45) is 7.05 Å². The normalized spacial score (nSPS) is 12.6. The Morgan fingerprint density at radius 2 is 2.10 bits per heavy atom. The van der Waals surface area contributed by atoms with Crippen LogP contribution >= 0.6 is 0 Å². The highest BCUT2D eigenvalue weighted by molar-refractivity contribution is 5.20. The summed E-state index contributed by atoms with van der Waals surface area (Å²) in [5.74, 6) is -1.05. The Morgan fingerprint density at radius 3 is 2.71 bits per heavy atom. The van der Waals surface area contributed by atoms with Gasteiger partial charge in [-0.3, -0.25) is 4.68 Å². The van der Waals surface area contributed by atoms with Gasteiger partial charge in [-0.15, -0.1) is 5.10 Å². The number of aromatic nitrogens is 3. The monoisotopic (exact) mass is 294 g/mol. The first kappa shape index (κ1) is 15.6. The Morgan fingerprint density at radius 1 is 1.29 bits per heavy atom. The van der Waals surface area contributed by atoms with Crippen molar-refractivity contribution in [3.05, 3.63) is 47.3 Å². The number of hydrogen-bond donors (Lipinski definition) is 1. The molecule has 1 unspecified atom stereocenters. The maximum absolute atomic E-state index is 13.8. The molecule has 0 amide bonds. The number of nitrogens with one attached hydrogen (secondary N) is 1. The van der Waals surface area contributed by atoms with E-state index in [4.69, 9.17) is 0 Å². The standard InChI is InChI=1S/C15H20F2N4/c1-3-6-18-13(9-14-10-21(2)20-19-14)7-11-4-5-12(16)8-15(11)17/h4-5,8,10,13,18H,3,6-7,9H2,1-2H3. The Balaban J connectivity index is 2.08. The van der Waals surface area contributed by atoms with Crippen LogP contribution in [0.15, 0.2) is 24.4 Å². The summed E-state index contributed by atoms with van der Waals surface area (Å²) >= 11 is 0. The quantitative estimate of drug-likeness (QED) is 0.851. The summed E-state index contributed by atoms with van der Waals surface area (Å²) in [4.78, 5) is 0. The Labute approximate surface area is 123 Å². The highest BCUT2D eigenvalue weighted by Crippen LogP contribution is 2.13. The lowest BCUT2D eigenvalue weighted by atomic mass is 10.0. The summed E-state index contributed by atoms with van der Waals surface area (Å²) in [7, 11) is 1.81. The van der Waals surface area contributed by atoms with E-state index in [1.165, 1.54) is 12.1 Å². The lowest BCUT2D eigenvalue weighted by Gasteiger charge is -2.18. The van der Waals surface area contributed by atoms with Crippen LogP contribution in [0.5, 0.6) is 0 Å². The van der Waals surface area contributed by atoms with E-state index in [1.807, 2.05) is 13.2 Å². The van der Waals surface area contributed by atoms with E-state index in [2.05, 4.69) is 22.6 Å². The molecule has 0 saturated carbocycles. The molecule has 2 rings (SSSR count). The molecular formula is C15H20F2N4. The first-order valence-corrected chi connectivity index (χ1v) is 7.11. The Kier molecular flexibility index (Phi) is 5.38. The van der Waals surface area contributed by atoms with Crippen molar-refractivity contribution in [1.29, 1.82) is 0 Å². The van der Waals surface area contributed by atoms with Crippen LogP contribution in [0.4, 0.5) is 8.78 Å². The molecular weight excluding hydrogens is 274 g/mol. The molecule has 0 aliphatic heterocycles. The molecule has 2 aromatic rings. The van der Waals surface area contributed by atoms with Crippen molar-refractivity contribution in [2.75, 3.05) is 6.54 Å². The van der Waals surface area contributed by atoms with Crippen LogP contribution in [-0.4, -0.2) is 27.6 Å². The zero-order valence-electron chi connectivity index (χ0n) is 12.3. The third-order valence-corrected chi connectivity index (χ3v) is 3.27. The summed E-state index contributed by atoms with van der Waals surface area (Å²) in [5.41, 5.74) is 1.36. The van der Waals surface area contributed by atoms with Gasteiger partial charge in [0.25, 0.3) is 0 Å². The van der Waals surface area contributed by atoms with Crippen molar-refractivity contribution in [1.82, 2.24) is 20.3 Å². The lowest BCUT2D eigenvalue weighted by Crippen LogP contribution is -2.34. The molecule has 4 nitrogen and oxygen atoms in total. The lowest BCUT2D eigenvalue weighted by molar-refractivity contribution is 0.485. The molecule has 6 heteroatoms. The predicted octanol–water partition coefficient (Wildman–Crippen LogP) is 2.25. The highest BCUT2D eigenvalue weighted by Gasteiger charge is 2.14. The van der Waals surface area contributed by atoms with Gasteiger partial charge in [0.1, 0.15) is 11.6 Å². The van der Waals surface area contributed by atoms with Gasteiger partial charge in [-0.1, -0.05) is 18.2 Å². The second kappa shape index (κ2) is 7.26. The molecule has 0 bridgehead atoms. The second-order valence-corrected chi connectivity index (χ2v) is 5.18. The third-order valence-electron chi connectivity index (χ3n) is 3.27. The minimum atomic E-state index is -0.553. The molecule has 0 saturated heterocycles. The average Bonchev–Trinajstić information content (AvgIpc) is 2.84. The number of benzene rings is 1. The summed E-state index contributed by atoms with van der Waals surface area (Å²) in [6, 6.07) is 3.76. The summed E-state index contributed by atoms with van der Waals surface area (Å²) in [6.07, 6.45) is 3.98. The van der Waals surface area contributed by atoms with Crippen LogP contribution in [0.1, 0.15) is 24.6 Å². The van der Waals surface area contributed by atoms with E-state index < -0.39 is 11.6 Å². The van der Waals surface area contributed by atoms with E-state index >= 15 is 0 Å². The largest absolute Gasteiger partial charge is 0.313 e. The highest BCUT2D eigenvalue weighted by atomic mass is 19.1. The molecule has 1 N–H and O–H groups in total. The van der Waals surface area contributed by atoms with Crippen LogP contribution < -0.4 is 5.32 Å².